The number of aliphatic hydroxyl groups is 2. The van der Waals surface area contributed by atoms with E-state index in [1.54, 1.807) is 6.92 Å². The molecule has 1 unspecified atom stereocenters. The highest BCUT2D eigenvalue weighted by Crippen LogP contribution is 2.54. The van der Waals surface area contributed by atoms with Gasteiger partial charge in [0.15, 0.2) is 16.7 Å². The molecular weight excluding hydrogens is 773 g/mol. The van der Waals surface area contributed by atoms with Gasteiger partial charge in [0.05, 0.1) is 53.7 Å². The maximum atomic E-state index is 14.7. The Balaban J connectivity index is 1.39. The smallest absolute Gasteiger partial charge is 0.309 e. The summed E-state index contributed by atoms with van der Waals surface area (Å²) >= 11 is 5.75. The number of aliphatic carboxylic acids is 1. The molecule has 5 aliphatic heterocycles. The lowest BCUT2D eigenvalue weighted by Crippen LogP contribution is -2.66. The van der Waals surface area contributed by atoms with E-state index >= 15 is 0 Å². The highest BCUT2D eigenvalue weighted by molar-refractivity contribution is 7.80. The van der Waals surface area contributed by atoms with Crippen LogP contribution in [0.25, 0.3) is 0 Å². The molecule has 4 fully saturated rings. The second-order valence-electron chi connectivity index (χ2n) is 19.7. The molecule has 13 heteroatoms. The van der Waals surface area contributed by atoms with Crippen molar-refractivity contribution < 1.29 is 48.6 Å². The van der Waals surface area contributed by atoms with Gasteiger partial charge in [-0.3, -0.25) is 9.59 Å². The minimum Gasteiger partial charge on any atom is -0.481 e. The van der Waals surface area contributed by atoms with E-state index in [1.807, 2.05) is 54.5 Å². The number of aliphatic hydroxyl groups excluding tert-OH is 1. The SMILES string of the molecule is CCC(C(=O)[C@@H](C)[C@@H](O)[C@H](C)[C@@H]1O[C@@H]([C@@H](CC)C(=O)O)CC[C@@H]1C)[C@H]1O[C@]2(C=C[C@@H](NC(=S)NC(C)C)[C@]3(CC[C@@](C)([C@H]4CC[C@](O)(CC)[C@H](C)O4)O3)O2)[C@H](C)C[C@@H]1C. The fourth-order valence-electron chi connectivity index (χ4n) is 11.1. The highest BCUT2D eigenvalue weighted by atomic mass is 32.1. The fourth-order valence-corrected chi connectivity index (χ4v) is 11.5. The van der Waals surface area contributed by atoms with Crippen molar-refractivity contribution in [1.29, 1.82) is 0 Å². The van der Waals surface area contributed by atoms with Crippen molar-refractivity contribution in [2.45, 2.75) is 219 Å². The van der Waals surface area contributed by atoms with Crippen LogP contribution in [0.1, 0.15) is 147 Å². The Morgan fingerprint density at radius 3 is 2.17 bits per heavy atom. The first-order valence-corrected chi connectivity index (χ1v) is 23.3. The summed E-state index contributed by atoms with van der Waals surface area (Å²) in [6.07, 6.45) is 7.36. The number of carbonyl (C=O) groups excluding carboxylic acids is 1. The molecule has 0 aliphatic carbocycles. The largest absolute Gasteiger partial charge is 0.481 e. The normalized spacial score (nSPS) is 42.6. The van der Waals surface area contributed by atoms with Gasteiger partial charge in [0.2, 0.25) is 0 Å². The second kappa shape index (κ2) is 19.0. The Hall–Kier alpha value is -1.71. The monoisotopic (exact) mass is 851 g/mol. The van der Waals surface area contributed by atoms with E-state index in [1.165, 1.54) is 0 Å². The van der Waals surface area contributed by atoms with E-state index < -0.39 is 76.8 Å². The third kappa shape index (κ3) is 9.77. The Morgan fingerprint density at radius 1 is 0.898 bits per heavy atom. The molecule has 0 amide bonds. The lowest BCUT2D eigenvalue weighted by molar-refractivity contribution is -0.397. The van der Waals surface area contributed by atoms with Gasteiger partial charge in [-0.2, -0.15) is 0 Å². The number of rotatable bonds is 14. The van der Waals surface area contributed by atoms with Gasteiger partial charge >= 0.3 is 5.97 Å². The zero-order chi connectivity index (χ0) is 43.8. The van der Waals surface area contributed by atoms with Crippen LogP contribution in [0.5, 0.6) is 0 Å². The highest BCUT2D eigenvalue weighted by Gasteiger charge is 2.63. The van der Waals surface area contributed by atoms with Gasteiger partial charge in [0.1, 0.15) is 11.8 Å². The molecule has 5 N–H and O–H groups in total. The average Bonchev–Trinajstić information content (AvgIpc) is 3.52. The van der Waals surface area contributed by atoms with Crippen LogP contribution in [-0.2, 0) is 33.3 Å². The number of carboxylic acid groups (broad SMARTS) is 1. The van der Waals surface area contributed by atoms with Gasteiger partial charge in [0, 0.05) is 36.1 Å². The molecular formula is C46H78N2O10S. The minimum absolute atomic E-state index is 0.0200. The predicted octanol–water partition coefficient (Wildman–Crippen LogP) is 7.07. The second-order valence-corrected chi connectivity index (χ2v) is 20.1. The van der Waals surface area contributed by atoms with Crippen LogP contribution in [0.4, 0.5) is 0 Å². The van der Waals surface area contributed by atoms with E-state index in [-0.39, 0.29) is 47.9 Å². The fraction of sp³-hybridized carbons (Fsp3) is 0.891. The lowest BCUT2D eigenvalue weighted by Gasteiger charge is -2.55. The van der Waals surface area contributed by atoms with Crippen LogP contribution >= 0.6 is 12.2 Å². The van der Waals surface area contributed by atoms with Crippen molar-refractivity contribution in [2.24, 2.45) is 41.4 Å². The summed E-state index contributed by atoms with van der Waals surface area (Å²) in [5.74, 6) is -5.51. The molecule has 4 saturated heterocycles. The molecule has 5 heterocycles. The molecule has 0 saturated carbocycles. The van der Waals surface area contributed by atoms with Crippen LogP contribution in [0.3, 0.4) is 0 Å². The van der Waals surface area contributed by atoms with Crippen molar-refractivity contribution in [3.8, 4) is 0 Å². The molecule has 0 radical (unpaired) electrons. The van der Waals surface area contributed by atoms with Crippen molar-refractivity contribution in [3.05, 3.63) is 12.2 Å². The van der Waals surface area contributed by atoms with Gasteiger partial charge < -0.3 is 49.6 Å². The van der Waals surface area contributed by atoms with Crippen LogP contribution in [0.15, 0.2) is 12.2 Å². The minimum atomic E-state index is -1.21. The number of carboxylic acids is 1. The van der Waals surface area contributed by atoms with E-state index in [2.05, 4.69) is 44.4 Å². The first-order chi connectivity index (χ1) is 27.6. The van der Waals surface area contributed by atoms with Crippen LogP contribution < -0.4 is 10.6 Å². The summed E-state index contributed by atoms with van der Waals surface area (Å²) in [4.78, 5) is 26.7. The van der Waals surface area contributed by atoms with Gasteiger partial charge in [-0.05, 0) is 116 Å². The number of ketones is 1. The molecule has 0 aromatic carbocycles. The van der Waals surface area contributed by atoms with Crippen molar-refractivity contribution in [1.82, 2.24) is 10.6 Å². The zero-order valence-electron chi connectivity index (χ0n) is 38.0. The Labute approximate surface area is 359 Å². The van der Waals surface area contributed by atoms with E-state index in [0.717, 1.165) is 12.8 Å². The molecule has 59 heavy (non-hydrogen) atoms. The predicted molar refractivity (Wildman–Crippen MR) is 230 cm³/mol. The molecule has 2 spiro atoms. The molecule has 12 nitrogen and oxygen atoms in total. The molecule has 5 rings (SSSR count). The van der Waals surface area contributed by atoms with E-state index in [9.17, 15) is 24.9 Å². The molecule has 338 valence electrons. The van der Waals surface area contributed by atoms with Crippen molar-refractivity contribution in [2.75, 3.05) is 0 Å². The van der Waals surface area contributed by atoms with Gasteiger partial charge in [0.25, 0.3) is 0 Å². The lowest BCUT2D eigenvalue weighted by atomic mass is 9.72. The third-order valence-corrected chi connectivity index (χ3v) is 15.4. The Bertz CT molecular complexity index is 1520. The van der Waals surface area contributed by atoms with Crippen molar-refractivity contribution >= 4 is 29.1 Å². The molecule has 0 aromatic rings. The molecule has 0 bridgehead atoms. The first kappa shape index (κ1) is 48.3. The number of Topliss-reactive ketones (excluding diaryl/α,β-unsaturated/α-hetero) is 1. The standard InChI is InChI=1S/C46H78N2O10S/c1-13-32(41(51)52)34-17-16-26(6)39(55-34)30(10)37(49)29(9)38(50)33(14-2)40-27(7)24-28(8)45(56-40)21-18-35(48-42(59)47-25(4)5)46(58-45)23-22-43(12,57-46)36-19-20-44(53,15-3)31(11)54-36/h18,21,25-37,39-40,49,53H,13-17,19-20,22-24H2,1-12H3,(H,51,52)(H2,47,48,59)/t26-,27-,28+,29-,30-,31-,32+,33?,34+,35+,36+,37+,39+,40-,43-,44+,45-,46-/m0/s1. The van der Waals surface area contributed by atoms with E-state index in [0.29, 0.717) is 56.5 Å². The number of nitrogens with one attached hydrogen (secondary N) is 2. The summed E-state index contributed by atoms with van der Waals surface area (Å²) in [5, 5.41) is 40.2. The summed E-state index contributed by atoms with van der Waals surface area (Å²) in [6.45, 7) is 24.0. The average molecular weight is 851 g/mol. The maximum Gasteiger partial charge on any atom is 0.309 e. The van der Waals surface area contributed by atoms with Gasteiger partial charge in [-0.1, -0.05) is 61.5 Å². The van der Waals surface area contributed by atoms with E-state index in [4.69, 9.17) is 35.9 Å². The zero-order valence-corrected chi connectivity index (χ0v) is 38.8. The number of carbonyl (C=O) groups is 2. The summed E-state index contributed by atoms with van der Waals surface area (Å²) in [5.41, 5.74) is -1.60. The molecule has 5 aliphatic rings. The number of thiocarbonyl (C=S) groups is 1. The summed E-state index contributed by atoms with van der Waals surface area (Å²) in [6, 6.07) is -0.338. The molecule has 18 atom stereocenters. The number of hydrogen-bond acceptors (Lipinski definition) is 10. The van der Waals surface area contributed by atoms with Gasteiger partial charge in [-0.15, -0.1) is 0 Å². The van der Waals surface area contributed by atoms with Crippen LogP contribution in [-0.4, -0.2) is 104 Å². The topological polar surface area (TPSA) is 165 Å². The quantitative estimate of drug-likeness (QED) is 0.0892. The number of ether oxygens (including phenoxy) is 5. The molecule has 0 aromatic heterocycles. The Morgan fingerprint density at radius 2 is 1.58 bits per heavy atom. The van der Waals surface area contributed by atoms with Crippen LogP contribution in [0.2, 0.25) is 0 Å². The number of hydrogen-bond donors (Lipinski definition) is 5. The van der Waals surface area contributed by atoms with Crippen LogP contribution in [0, 0.1) is 41.4 Å². The third-order valence-electron chi connectivity index (χ3n) is 15.2. The summed E-state index contributed by atoms with van der Waals surface area (Å²) in [7, 11) is 0. The Kier molecular flexibility index (Phi) is 15.5. The van der Waals surface area contributed by atoms with Gasteiger partial charge in [-0.25, -0.2) is 0 Å². The van der Waals surface area contributed by atoms with Crippen molar-refractivity contribution in [3.63, 3.8) is 0 Å². The first-order valence-electron chi connectivity index (χ1n) is 22.9. The summed E-state index contributed by atoms with van der Waals surface area (Å²) < 4.78 is 34.7. The maximum absolute atomic E-state index is 14.7.